The highest BCUT2D eigenvalue weighted by Gasteiger charge is 2.75. The van der Waals surface area contributed by atoms with Gasteiger partial charge in [0, 0.05) is 17.8 Å². The van der Waals surface area contributed by atoms with Crippen molar-refractivity contribution in [2.24, 2.45) is 28.1 Å². The molecule has 7 atom stereocenters. The van der Waals surface area contributed by atoms with Crippen LogP contribution in [0.2, 0.25) is 0 Å². The molecule has 0 amide bonds. The van der Waals surface area contributed by atoms with Gasteiger partial charge in [0.15, 0.2) is 0 Å². The van der Waals surface area contributed by atoms with E-state index in [4.69, 9.17) is 4.74 Å². The van der Waals surface area contributed by atoms with Crippen LogP contribution in [0.25, 0.3) is 0 Å². The van der Waals surface area contributed by atoms with Crippen LogP contribution in [0.4, 0.5) is 0 Å². The molecule has 2 bridgehead atoms. The zero-order chi connectivity index (χ0) is 19.8. The van der Waals surface area contributed by atoms with Gasteiger partial charge >= 0.3 is 11.9 Å². The molecule has 0 aromatic rings. The molecule has 5 heteroatoms. The first kappa shape index (κ1) is 19.0. The highest BCUT2D eigenvalue weighted by atomic mass is 16.5. The number of aliphatic hydroxyl groups is 1. The molecule has 150 valence electrons. The van der Waals surface area contributed by atoms with Gasteiger partial charge in [-0.05, 0) is 69.3 Å². The Bertz CT molecular complexity index is 715. The van der Waals surface area contributed by atoms with Gasteiger partial charge in [-0.3, -0.25) is 9.59 Å². The van der Waals surface area contributed by atoms with Crippen molar-refractivity contribution in [2.75, 3.05) is 0 Å². The maximum atomic E-state index is 12.3. The number of ether oxygens (including phenoxy) is 1. The third kappa shape index (κ3) is 2.10. The highest BCUT2D eigenvalue weighted by Crippen LogP contribution is 2.74. The van der Waals surface area contributed by atoms with Crippen LogP contribution in [0.5, 0.6) is 0 Å². The van der Waals surface area contributed by atoms with Gasteiger partial charge < -0.3 is 14.9 Å². The molecular weight excluding hydrogens is 344 g/mol. The van der Waals surface area contributed by atoms with E-state index in [1.54, 1.807) is 0 Å². The van der Waals surface area contributed by atoms with E-state index >= 15 is 0 Å². The lowest BCUT2D eigenvalue weighted by molar-refractivity contribution is -0.278. The van der Waals surface area contributed by atoms with E-state index in [-0.39, 0.29) is 17.8 Å². The van der Waals surface area contributed by atoms with Crippen molar-refractivity contribution in [1.82, 2.24) is 0 Å². The molecule has 0 aliphatic heterocycles. The molecule has 0 saturated heterocycles. The minimum Gasteiger partial charge on any atom is -0.481 e. The first-order chi connectivity index (χ1) is 12.5. The van der Waals surface area contributed by atoms with Crippen molar-refractivity contribution in [2.45, 2.75) is 83.8 Å². The van der Waals surface area contributed by atoms with Gasteiger partial charge in [-0.25, -0.2) is 0 Å². The minimum absolute atomic E-state index is 0.0738. The van der Waals surface area contributed by atoms with Crippen molar-refractivity contribution in [1.29, 1.82) is 0 Å². The Morgan fingerprint density at radius 1 is 1.15 bits per heavy atom. The average molecular weight is 376 g/mol. The number of hydrogen-bond donors (Lipinski definition) is 2. The Balaban J connectivity index is 1.84. The third-order valence-corrected chi connectivity index (χ3v) is 9.18. The summed E-state index contributed by atoms with van der Waals surface area (Å²) in [7, 11) is 0. The first-order valence-corrected chi connectivity index (χ1v) is 10.3. The van der Waals surface area contributed by atoms with E-state index < -0.39 is 33.9 Å². The van der Waals surface area contributed by atoms with Crippen molar-refractivity contribution < 1.29 is 24.5 Å². The van der Waals surface area contributed by atoms with Gasteiger partial charge in [0.1, 0.15) is 6.10 Å². The quantitative estimate of drug-likeness (QED) is 0.567. The number of hydrogen-bond acceptors (Lipinski definition) is 4. The van der Waals surface area contributed by atoms with Crippen LogP contribution in [-0.2, 0) is 14.3 Å². The van der Waals surface area contributed by atoms with E-state index in [9.17, 15) is 19.8 Å². The van der Waals surface area contributed by atoms with Crippen LogP contribution in [0, 0.1) is 28.1 Å². The van der Waals surface area contributed by atoms with E-state index in [1.807, 2.05) is 6.92 Å². The summed E-state index contributed by atoms with van der Waals surface area (Å²) in [5, 5.41) is 22.3. The summed E-state index contributed by atoms with van der Waals surface area (Å²) >= 11 is 0. The van der Waals surface area contributed by atoms with E-state index in [0.717, 1.165) is 37.7 Å². The highest BCUT2D eigenvalue weighted by molar-refractivity contribution is 5.75. The Kier molecular flexibility index (Phi) is 3.93. The van der Waals surface area contributed by atoms with E-state index in [0.29, 0.717) is 19.3 Å². The van der Waals surface area contributed by atoms with Crippen LogP contribution >= 0.6 is 0 Å². The first-order valence-electron chi connectivity index (χ1n) is 10.3. The monoisotopic (exact) mass is 376 g/mol. The molecule has 0 radical (unpaired) electrons. The van der Waals surface area contributed by atoms with Crippen molar-refractivity contribution in [3.8, 4) is 0 Å². The lowest BCUT2D eigenvalue weighted by Gasteiger charge is -2.68. The van der Waals surface area contributed by atoms with Gasteiger partial charge in [0.2, 0.25) is 0 Å². The zero-order valence-electron chi connectivity index (χ0n) is 16.7. The summed E-state index contributed by atoms with van der Waals surface area (Å²) in [4.78, 5) is 24.0. The second-order valence-corrected chi connectivity index (χ2v) is 10.1. The SMILES string of the molecule is C=C1C2CC[C@]3(O)[C@@](CCC4[C@](C)(C(=O)O)CCC[C@]43C)(C2)C1OC(C)=O. The Morgan fingerprint density at radius 2 is 1.85 bits per heavy atom. The maximum absolute atomic E-state index is 12.3. The summed E-state index contributed by atoms with van der Waals surface area (Å²) in [6.07, 6.45) is 5.54. The number of fused-ring (bicyclic) bond motifs is 3. The average Bonchev–Trinajstić information content (AvgIpc) is 2.80. The number of carbonyl (C=O) groups is 2. The Labute approximate surface area is 161 Å². The molecule has 0 aromatic carbocycles. The van der Waals surface area contributed by atoms with Gasteiger partial charge in [-0.2, -0.15) is 0 Å². The van der Waals surface area contributed by atoms with Gasteiger partial charge in [0.05, 0.1) is 11.0 Å². The fraction of sp³-hybridized carbons (Fsp3) is 0.818. The lowest BCUT2D eigenvalue weighted by Crippen LogP contribution is -2.71. The van der Waals surface area contributed by atoms with Crippen molar-refractivity contribution in [3.63, 3.8) is 0 Å². The fourth-order valence-electron chi connectivity index (χ4n) is 7.87. The molecule has 4 aliphatic carbocycles. The molecule has 4 fully saturated rings. The zero-order valence-corrected chi connectivity index (χ0v) is 16.7. The molecule has 0 heterocycles. The molecule has 1 spiro atoms. The lowest BCUT2D eigenvalue weighted by atomic mass is 9.38. The van der Waals surface area contributed by atoms with Crippen molar-refractivity contribution >= 4 is 11.9 Å². The number of carboxylic acid groups (broad SMARTS) is 1. The second-order valence-electron chi connectivity index (χ2n) is 10.1. The maximum Gasteiger partial charge on any atom is 0.309 e. The largest absolute Gasteiger partial charge is 0.481 e. The minimum atomic E-state index is -1.03. The second kappa shape index (κ2) is 5.59. The molecule has 4 rings (SSSR count). The number of rotatable bonds is 2. The van der Waals surface area contributed by atoms with Crippen LogP contribution < -0.4 is 0 Å². The summed E-state index contributed by atoms with van der Waals surface area (Å²) in [5.74, 6) is -0.879. The smallest absolute Gasteiger partial charge is 0.309 e. The van der Waals surface area contributed by atoms with E-state index in [2.05, 4.69) is 13.5 Å². The number of aliphatic carboxylic acids is 1. The predicted molar refractivity (Wildman–Crippen MR) is 99.8 cm³/mol. The summed E-state index contributed by atoms with van der Waals surface area (Å²) in [6.45, 7) is 9.63. The Hall–Kier alpha value is -1.36. The summed E-state index contributed by atoms with van der Waals surface area (Å²) in [5.41, 5.74) is -1.92. The molecule has 27 heavy (non-hydrogen) atoms. The molecular formula is C22H32O5. The van der Waals surface area contributed by atoms with Gasteiger partial charge in [0.25, 0.3) is 0 Å². The molecule has 3 unspecified atom stereocenters. The van der Waals surface area contributed by atoms with Crippen LogP contribution in [0.15, 0.2) is 12.2 Å². The van der Waals surface area contributed by atoms with Crippen LogP contribution in [0.3, 0.4) is 0 Å². The van der Waals surface area contributed by atoms with Crippen LogP contribution in [0.1, 0.15) is 72.1 Å². The fourth-order valence-corrected chi connectivity index (χ4v) is 7.87. The standard InChI is InChI=1S/C22H32O5/c1-13-15-6-11-22(26)20(4)9-5-8-19(3,18(24)25)16(20)7-10-21(22,12-15)17(13)27-14(2)23/h15-17,26H,1,5-12H2,2-4H3,(H,24,25)/t15?,16?,17?,19-,20-,21+,22-/m1/s1. The van der Waals surface area contributed by atoms with Gasteiger partial charge in [-0.15, -0.1) is 0 Å². The van der Waals surface area contributed by atoms with Gasteiger partial charge in [-0.1, -0.05) is 19.9 Å². The third-order valence-electron chi connectivity index (χ3n) is 9.18. The number of carbonyl (C=O) groups excluding carboxylic acids is 1. The summed E-state index contributed by atoms with van der Waals surface area (Å²) in [6, 6.07) is 0. The topological polar surface area (TPSA) is 83.8 Å². The van der Waals surface area contributed by atoms with Crippen LogP contribution in [-0.4, -0.2) is 33.9 Å². The molecule has 5 nitrogen and oxygen atoms in total. The predicted octanol–water partition coefficient (Wildman–Crippen LogP) is 3.70. The van der Waals surface area contributed by atoms with E-state index in [1.165, 1.54) is 6.92 Å². The molecule has 2 N–H and O–H groups in total. The number of carboxylic acids is 1. The summed E-state index contributed by atoms with van der Waals surface area (Å²) < 4.78 is 5.77. The Morgan fingerprint density at radius 3 is 2.48 bits per heavy atom. The molecule has 0 aromatic heterocycles. The molecule has 4 saturated carbocycles. The number of esters is 1. The van der Waals surface area contributed by atoms with Crippen molar-refractivity contribution in [3.05, 3.63) is 12.2 Å². The normalized spacial score (nSPS) is 51.3. The molecule has 4 aliphatic rings.